The summed E-state index contributed by atoms with van der Waals surface area (Å²) in [6, 6.07) is 0.277. The molecule has 0 aromatic heterocycles. The zero-order valence-electron chi connectivity index (χ0n) is 13.2. The lowest BCUT2D eigenvalue weighted by molar-refractivity contribution is 0.177. The molecular formula is C15H30N2OS. The number of methoxy groups -OCH3 is 1. The lowest BCUT2D eigenvalue weighted by Crippen LogP contribution is -2.45. The molecule has 2 atom stereocenters. The van der Waals surface area contributed by atoms with E-state index in [2.05, 4.69) is 37.9 Å². The van der Waals surface area contributed by atoms with Crippen LogP contribution in [-0.4, -0.2) is 42.9 Å². The van der Waals surface area contributed by atoms with Crippen molar-refractivity contribution < 1.29 is 4.74 Å². The number of nitrogens with one attached hydrogen (secondary N) is 1. The first-order valence-electron chi connectivity index (χ1n) is 7.39. The number of rotatable bonds is 3. The molecule has 0 aliphatic carbocycles. The number of nitrogens with zero attached hydrogens (tertiary/aromatic N) is 1. The van der Waals surface area contributed by atoms with Crippen molar-refractivity contribution in [2.24, 2.45) is 11.3 Å². The van der Waals surface area contributed by atoms with Gasteiger partial charge in [-0.2, -0.15) is 0 Å². The summed E-state index contributed by atoms with van der Waals surface area (Å²) in [7, 11) is 1.72. The highest BCUT2D eigenvalue weighted by molar-refractivity contribution is 7.80. The van der Waals surface area contributed by atoms with E-state index in [-0.39, 0.29) is 6.04 Å². The molecule has 1 rings (SSSR count). The second-order valence-electron chi connectivity index (χ2n) is 6.79. The van der Waals surface area contributed by atoms with Crippen molar-refractivity contribution in [1.82, 2.24) is 10.2 Å². The topological polar surface area (TPSA) is 24.5 Å². The molecule has 1 aliphatic rings. The summed E-state index contributed by atoms with van der Waals surface area (Å²) in [4.78, 5) is 2.33. The molecule has 0 bridgehead atoms. The van der Waals surface area contributed by atoms with Gasteiger partial charge in [-0.3, -0.25) is 0 Å². The Kier molecular flexibility index (Phi) is 6.54. The van der Waals surface area contributed by atoms with Gasteiger partial charge >= 0.3 is 0 Å². The molecule has 0 saturated carbocycles. The lowest BCUT2D eigenvalue weighted by Gasteiger charge is -2.30. The zero-order chi connectivity index (χ0) is 14.5. The quantitative estimate of drug-likeness (QED) is 0.806. The Labute approximate surface area is 124 Å². The maximum Gasteiger partial charge on any atom is 0.169 e. The molecule has 19 heavy (non-hydrogen) atoms. The van der Waals surface area contributed by atoms with E-state index >= 15 is 0 Å². The van der Waals surface area contributed by atoms with Crippen LogP contribution in [0.25, 0.3) is 0 Å². The first-order chi connectivity index (χ1) is 8.84. The monoisotopic (exact) mass is 286 g/mol. The van der Waals surface area contributed by atoms with Gasteiger partial charge in [0, 0.05) is 26.2 Å². The highest BCUT2D eigenvalue weighted by Gasteiger charge is 2.27. The SMILES string of the molecule is COCC(C)NC(=S)N1CCCC(C(C)(C)C)CC1. The number of hydrogen-bond acceptors (Lipinski definition) is 2. The minimum absolute atomic E-state index is 0.277. The van der Waals surface area contributed by atoms with Crippen molar-refractivity contribution in [2.45, 2.75) is 53.0 Å². The van der Waals surface area contributed by atoms with Crippen LogP contribution in [-0.2, 0) is 4.74 Å². The molecule has 1 saturated heterocycles. The van der Waals surface area contributed by atoms with Gasteiger partial charge in [0.25, 0.3) is 0 Å². The van der Waals surface area contributed by atoms with Crippen LogP contribution in [0.5, 0.6) is 0 Å². The van der Waals surface area contributed by atoms with Crippen molar-refractivity contribution >= 4 is 17.3 Å². The molecule has 0 aromatic rings. The largest absolute Gasteiger partial charge is 0.383 e. The molecule has 1 fully saturated rings. The molecular weight excluding hydrogens is 256 g/mol. The minimum Gasteiger partial charge on any atom is -0.383 e. The normalized spacial score (nSPS) is 22.8. The van der Waals surface area contributed by atoms with Gasteiger partial charge in [-0.05, 0) is 49.7 Å². The van der Waals surface area contributed by atoms with Gasteiger partial charge in [-0.1, -0.05) is 20.8 Å². The summed E-state index contributed by atoms with van der Waals surface area (Å²) < 4.78 is 5.14. The van der Waals surface area contributed by atoms with E-state index in [1.165, 1.54) is 19.3 Å². The van der Waals surface area contributed by atoms with Crippen molar-refractivity contribution in [2.75, 3.05) is 26.8 Å². The Bertz CT molecular complexity index is 288. The van der Waals surface area contributed by atoms with Crippen molar-refractivity contribution in [3.63, 3.8) is 0 Å². The maximum absolute atomic E-state index is 5.52. The first-order valence-corrected chi connectivity index (χ1v) is 7.79. The highest BCUT2D eigenvalue weighted by atomic mass is 32.1. The van der Waals surface area contributed by atoms with Crippen LogP contribution in [0, 0.1) is 11.3 Å². The lowest BCUT2D eigenvalue weighted by atomic mass is 9.77. The minimum atomic E-state index is 0.277. The third-order valence-electron chi connectivity index (χ3n) is 4.03. The summed E-state index contributed by atoms with van der Waals surface area (Å²) in [5, 5.41) is 4.25. The average molecular weight is 286 g/mol. The van der Waals surface area contributed by atoms with Crippen LogP contribution >= 0.6 is 12.2 Å². The van der Waals surface area contributed by atoms with Gasteiger partial charge in [-0.15, -0.1) is 0 Å². The van der Waals surface area contributed by atoms with Gasteiger partial charge in [0.05, 0.1) is 6.61 Å². The van der Waals surface area contributed by atoms with E-state index in [0.717, 1.165) is 24.1 Å². The molecule has 112 valence electrons. The molecule has 2 unspecified atom stereocenters. The van der Waals surface area contributed by atoms with Gasteiger partial charge in [0.1, 0.15) is 0 Å². The molecule has 4 heteroatoms. The number of ether oxygens (including phenoxy) is 1. The van der Waals surface area contributed by atoms with Gasteiger partial charge in [0.15, 0.2) is 5.11 Å². The third-order valence-corrected chi connectivity index (χ3v) is 4.40. The van der Waals surface area contributed by atoms with Crippen LogP contribution in [0.15, 0.2) is 0 Å². The van der Waals surface area contributed by atoms with Gasteiger partial charge in [-0.25, -0.2) is 0 Å². The van der Waals surface area contributed by atoms with E-state index in [4.69, 9.17) is 17.0 Å². The molecule has 1 heterocycles. The Balaban J connectivity index is 2.46. The third kappa shape index (κ3) is 5.65. The fraction of sp³-hybridized carbons (Fsp3) is 0.933. The maximum atomic E-state index is 5.52. The molecule has 0 spiro atoms. The van der Waals surface area contributed by atoms with Crippen molar-refractivity contribution in [3.8, 4) is 0 Å². The van der Waals surface area contributed by atoms with Crippen LogP contribution in [0.3, 0.4) is 0 Å². The highest BCUT2D eigenvalue weighted by Crippen LogP contribution is 2.34. The number of thiocarbonyl (C=S) groups is 1. The molecule has 0 radical (unpaired) electrons. The summed E-state index contributed by atoms with van der Waals surface area (Å²) in [5.74, 6) is 0.802. The van der Waals surface area contributed by atoms with Crippen LogP contribution in [0.2, 0.25) is 0 Å². The second kappa shape index (κ2) is 7.44. The fourth-order valence-electron chi connectivity index (χ4n) is 2.76. The molecule has 1 N–H and O–H groups in total. The van der Waals surface area contributed by atoms with Crippen molar-refractivity contribution in [1.29, 1.82) is 0 Å². The van der Waals surface area contributed by atoms with E-state index in [1.807, 2.05) is 0 Å². The van der Waals surface area contributed by atoms with E-state index in [1.54, 1.807) is 7.11 Å². The number of hydrogen-bond donors (Lipinski definition) is 1. The van der Waals surface area contributed by atoms with Crippen LogP contribution in [0.1, 0.15) is 47.0 Å². The Morgan fingerprint density at radius 1 is 1.37 bits per heavy atom. The molecule has 3 nitrogen and oxygen atoms in total. The zero-order valence-corrected chi connectivity index (χ0v) is 14.0. The predicted molar refractivity (Wildman–Crippen MR) is 85.4 cm³/mol. The van der Waals surface area contributed by atoms with Crippen molar-refractivity contribution in [3.05, 3.63) is 0 Å². The molecule has 1 aliphatic heterocycles. The number of likely N-dealkylation sites (tertiary alicyclic amines) is 1. The van der Waals surface area contributed by atoms with E-state index < -0.39 is 0 Å². The molecule has 0 amide bonds. The average Bonchev–Trinajstić information content (AvgIpc) is 2.53. The van der Waals surface area contributed by atoms with Crippen LogP contribution in [0.4, 0.5) is 0 Å². The van der Waals surface area contributed by atoms with E-state index in [9.17, 15) is 0 Å². The Morgan fingerprint density at radius 2 is 2.05 bits per heavy atom. The summed E-state index contributed by atoms with van der Waals surface area (Å²) in [6.07, 6.45) is 3.79. The fourth-order valence-corrected chi connectivity index (χ4v) is 3.14. The molecule has 0 aromatic carbocycles. The van der Waals surface area contributed by atoms with Gasteiger partial charge in [0.2, 0.25) is 0 Å². The van der Waals surface area contributed by atoms with Gasteiger partial charge < -0.3 is 15.0 Å². The summed E-state index contributed by atoms with van der Waals surface area (Å²) in [5.41, 5.74) is 0.411. The standard InChI is InChI=1S/C15H30N2OS/c1-12(11-18-5)16-14(19)17-9-6-7-13(8-10-17)15(2,3)4/h12-13H,6-11H2,1-5H3,(H,16,19). The first kappa shape index (κ1) is 16.7. The summed E-state index contributed by atoms with van der Waals surface area (Å²) >= 11 is 5.52. The second-order valence-corrected chi connectivity index (χ2v) is 7.17. The predicted octanol–water partition coefficient (Wildman–Crippen LogP) is 3.04. The smallest absolute Gasteiger partial charge is 0.169 e. The Hall–Kier alpha value is -0.350. The summed E-state index contributed by atoms with van der Waals surface area (Å²) in [6.45, 7) is 12.0. The van der Waals surface area contributed by atoms with E-state index in [0.29, 0.717) is 12.0 Å². The van der Waals surface area contributed by atoms with Crippen LogP contribution < -0.4 is 5.32 Å². The Morgan fingerprint density at radius 3 is 2.63 bits per heavy atom.